The fourth-order valence-corrected chi connectivity index (χ4v) is 0. The van der Waals surface area contributed by atoms with Crippen LogP contribution < -0.4 is 56.3 Å². The molecular weight excluding hydrogens is 124 g/mol. The summed E-state index contributed by atoms with van der Waals surface area (Å²) in [5, 5.41) is 0. The normalized spacial score (nSPS) is 7.20. The van der Waals surface area contributed by atoms with E-state index in [1.165, 1.54) is 0 Å². The van der Waals surface area contributed by atoms with Gasteiger partial charge in [-0.15, -0.1) is 0 Å². The van der Waals surface area contributed by atoms with E-state index in [0.29, 0.717) is 0 Å². The van der Waals surface area contributed by atoms with Gasteiger partial charge in [0, 0.05) is 0 Å². The van der Waals surface area contributed by atoms with E-state index in [-0.39, 0.29) is 51.4 Å². The van der Waals surface area contributed by atoms with Gasteiger partial charge in [0.05, 0.1) is 0 Å². The van der Waals surface area contributed by atoms with E-state index in [0.717, 1.165) is 0 Å². The van der Waals surface area contributed by atoms with E-state index in [1.807, 2.05) is 0 Å². The number of halogens is 2. The molecule has 0 aliphatic rings. The molecule has 5 heteroatoms. The van der Waals surface area contributed by atoms with Crippen LogP contribution in [0.5, 0.6) is 0 Å². The Kier molecular flexibility index (Phi) is 11.8. The van der Waals surface area contributed by atoms with Crippen LogP contribution in [0.1, 0.15) is 0 Å². The van der Waals surface area contributed by atoms with E-state index in [9.17, 15) is 8.39 Å². The SMILES string of the molecule is [K+].[O-]P(F)F. The first kappa shape index (κ1) is 9.99. The van der Waals surface area contributed by atoms with E-state index >= 15 is 0 Å². The first-order chi connectivity index (χ1) is 1.73. The van der Waals surface area contributed by atoms with Crippen LogP contribution >= 0.6 is 8.77 Å². The van der Waals surface area contributed by atoms with Gasteiger partial charge in [0.25, 0.3) is 0 Å². The first-order valence-electron chi connectivity index (χ1n) is 0.521. The zero-order valence-corrected chi connectivity index (χ0v) is 6.63. The van der Waals surface area contributed by atoms with Crippen molar-refractivity contribution in [3.63, 3.8) is 0 Å². The standard InChI is InChI=1S/F2OP.K/c1-4(2)3;/q-1;+1. The summed E-state index contributed by atoms with van der Waals surface area (Å²) >= 11 is 0. The van der Waals surface area contributed by atoms with Crippen LogP contribution in [0.4, 0.5) is 8.39 Å². The molecule has 0 unspecified atom stereocenters. The maximum atomic E-state index is 9.84. The Balaban J connectivity index is 0. The van der Waals surface area contributed by atoms with Gasteiger partial charge in [-0.2, -0.15) is 0 Å². The Bertz CT molecular complexity index is 14.4. The summed E-state index contributed by atoms with van der Waals surface area (Å²) in [4.78, 5) is 8.26. The molecule has 0 aromatic heterocycles. The van der Waals surface area contributed by atoms with Crippen LogP contribution in [0.25, 0.3) is 0 Å². The van der Waals surface area contributed by atoms with Gasteiger partial charge in [-0.05, 0) is 0 Å². The summed E-state index contributed by atoms with van der Waals surface area (Å²) in [7, 11) is -3.87. The number of hydrogen-bond donors (Lipinski definition) is 0. The van der Waals surface area contributed by atoms with Gasteiger partial charge in [0.15, 0.2) is 8.77 Å². The summed E-state index contributed by atoms with van der Waals surface area (Å²) in [6, 6.07) is 0. The monoisotopic (exact) mass is 124 g/mol. The summed E-state index contributed by atoms with van der Waals surface area (Å²) in [6.07, 6.45) is 0. The van der Waals surface area contributed by atoms with Crippen molar-refractivity contribution in [3.8, 4) is 0 Å². The Morgan fingerprint density at radius 2 is 1.40 bits per heavy atom. The van der Waals surface area contributed by atoms with Crippen molar-refractivity contribution in [2.24, 2.45) is 0 Å². The van der Waals surface area contributed by atoms with E-state index in [2.05, 4.69) is 0 Å². The van der Waals surface area contributed by atoms with E-state index in [1.54, 1.807) is 0 Å². The van der Waals surface area contributed by atoms with Crippen molar-refractivity contribution >= 4 is 8.77 Å². The van der Waals surface area contributed by atoms with Crippen molar-refractivity contribution in [3.05, 3.63) is 0 Å². The van der Waals surface area contributed by atoms with Crippen LogP contribution in [0.15, 0.2) is 0 Å². The van der Waals surface area contributed by atoms with Crippen molar-refractivity contribution in [2.45, 2.75) is 0 Å². The Morgan fingerprint density at radius 1 is 1.40 bits per heavy atom. The summed E-state index contributed by atoms with van der Waals surface area (Å²) in [5.41, 5.74) is 0. The molecule has 0 aromatic carbocycles. The van der Waals surface area contributed by atoms with Crippen LogP contribution in [0.3, 0.4) is 0 Å². The molecule has 1 nitrogen and oxygen atoms in total. The molecule has 0 amide bonds. The minimum Gasteiger partial charge on any atom is -0.778 e. The number of hydrogen-bond acceptors (Lipinski definition) is 1. The molecule has 0 aliphatic heterocycles. The van der Waals surface area contributed by atoms with Gasteiger partial charge >= 0.3 is 51.4 Å². The van der Waals surface area contributed by atoms with Gasteiger partial charge in [-0.3, -0.25) is 0 Å². The smallest absolute Gasteiger partial charge is 0.778 e. The molecule has 0 spiro atoms. The summed E-state index contributed by atoms with van der Waals surface area (Å²) < 4.78 is 19.7. The molecule has 0 atom stereocenters. The molecule has 0 N–H and O–H groups in total. The van der Waals surface area contributed by atoms with Gasteiger partial charge in [-0.25, -0.2) is 8.39 Å². The Morgan fingerprint density at radius 3 is 1.40 bits per heavy atom. The fraction of sp³-hybridized carbons (Fsp3) is 0. The van der Waals surface area contributed by atoms with Crippen LogP contribution in [0.2, 0.25) is 0 Å². The Labute approximate surface area is 72.3 Å². The van der Waals surface area contributed by atoms with Gasteiger partial charge in [0.2, 0.25) is 0 Å². The maximum Gasteiger partial charge on any atom is 1.00 e. The van der Waals surface area contributed by atoms with Crippen molar-refractivity contribution < 1.29 is 64.7 Å². The summed E-state index contributed by atoms with van der Waals surface area (Å²) in [6.45, 7) is 0. The third-order valence-corrected chi connectivity index (χ3v) is 0. The minimum atomic E-state index is -3.87. The average Bonchev–Trinajstić information content (AvgIpc) is 0.811. The largest absolute Gasteiger partial charge is 1.00 e. The van der Waals surface area contributed by atoms with Gasteiger partial charge < -0.3 is 4.89 Å². The molecule has 0 fully saturated rings. The molecule has 0 heterocycles. The third-order valence-electron chi connectivity index (χ3n) is 0. The fourth-order valence-electron chi connectivity index (χ4n) is 0. The molecule has 0 aliphatic carbocycles. The quantitative estimate of drug-likeness (QED) is 0.259. The second-order valence-electron chi connectivity index (χ2n) is 0.202. The minimum absolute atomic E-state index is 0. The van der Waals surface area contributed by atoms with Gasteiger partial charge in [0.1, 0.15) is 0 Å². The molecule has 0 aromatic rings. The molecule has 0 saturated heterocycles. The van der Waals surface area contributed by atoms with Crippen LogP contribution in [-0.4, -0.2) is 0 Å². The van der Waals surface area contributed by atoms with Crippen molar-refractivity contribution in [1.29, 1.82) is 0 Å². The van der Waals surface area contributed by atoms with E-state index < -0.39 is 8.77 Å². The molecule has 0 bridgehead atoms. The van der Waals surface area contributed by atoms with Crippen molar-refractivity contribution in [1.82, 2.24) is 0 Å². The maximum absolute atomic E-state index is 9.84. The van der Waals surface area contributed by atoms with Gasteiger partial charge in [-0.1, -0.05) is 0 Å². The zero-order valence-electron chi connectivity index (χ0n) is 2.61. The molecule has 0 radical (unpaired) electrons. The third kappa shape index (κ3) is 25.0. The predicted octanol–water partition coefficient (Wildman–Crippen LogP) is -2.48. The molecule has 0 saturated carbocycles. The Hall–Kier alpha value is 1.89. The second kappa shape index (κ2) is 5.89. The number of rotatable bonds is 0. The molecule has 5 heavy (non-hydrogen) atoms. The topological polar surface area (TPSA) is 23.1 Å². The summed E-state index contributed by atoms with van der Waals surface area (Å²) in [5.74, 6) is 0. The molecule has 0 rings (SSSR count). The van der Waals surface area contributed by atoms with E-state index in [4.69, 9.17) is 4.89 Å². The molecular formula is F2KOP. The van der Waals surface area contributed by atoms with Crippen LogP contribution in [-0.2, 0) is 0 Å². The van der Waals surface area contributed by atoms with Crippen LogP contribution in [0, 0.1) is 0 Å². The average molecular weight is 124 g/mol. The molecule has 26 valence electrons. The first-order valence-corrected chi connectivity index (χ1v) is 1.56. The second-order valence-corrected chi connectivity index (χ2v) is 0.606. The zero-order chi connectivity index (χ0) is 3.58. The predicted molar refractivity (Wildman–Crippen MR) is 9.14 cm³/mol. The van der Waals surface area contributed by atoms with Crippen molar-refractivity contribution in [2.75, 3.05) is 0 Å².